The Kier molecular flexibility index (Phi) is 6.09. The minimum Gasteiger partial charge on any atom is -0.297 e. The van der Waals surface area contributed by atoms with E-state index in [1.54, 1.807) is 0 Å². The van der Waals surface area contributed by atoms with Crippen molar-refractivity contribution in [2.75, 3.05) is 18.8 Å². The van der Waals surface area contributed by atoms with Crippen molar-refractivity contribution in [1.29, 1.82) is 0 Å². The molecule has 1 unspecified atom stereocenters. The van der Waals surface area contributed by atoms with Crippen molar-refractivity contribution in [3.8, 4) is 0 Å². The highest BCUT2D eigenvalue weighted by molar-refractivity contribution is 7.80. The summed E-state index contributed by atoms with van der Waals surface area (Å²) >= 11 is 4.52. The number of likely N-dealkylation sites (N-methyl/N-ethyl adjacent to an activating group) is 1. The minimum atomic E-state index is 0.461. The molecule has 0 aliphatic carbocycles. The molecule has 0 fully saturated rings. The lowest BCUT2D eigenvalue weighted by molar-refractivity contribution is 0.264. The fourth-order valence-corrected chi connectivity index (χ4v) is 2.66. The molecule has 0 saturated carbocycles. The molecule has 0 spiro atoms. The second-order valence-electron chi connectivity index (χ2n) is 4.94. The van der Waals surface area contributed by atoms with Crippen LogP contribution >= 0.6 is 12.6 Å². The molecule has 0 saturated heterocycles. The van der Waals surface area contributed by atoms with Crippen LogP contribution in [0.4, 0.5) is 0 Å². The smallest absolute Gasteiger partial charge is 0.0543 e. The molecule has 20 heavy (non-hydrogen) atoms. The fourth-order valence-electron chi connectivity index (χ4n) is 2.33. The van der Waals surface area contributed by atoms with Gasteiger partial charge < -0.3 is 0 Å². The molecule has 0 aliphatic rings. The van der Waals surface area contributed by atoms with Crippen LogP contribution in [0.2, 0.25) is 0 Å². The van der Waals surface area contributed by atoms with Crippen molar-refractivity contribution in [2.45, 2.75) is 19.4 Å². The van der Waals surface area contributed by atoms with E-state index in [2.05, 4.69) is 65.8 Å². The molecule has 2 nitrogen and oxygen atoms in total. The van der Waals surface area contributed by atoms with Gasteiger partial charge in [-0.3, -0.25) is 9.88 Å². The van der Waals surface area contributed by atoms with Crippen LogP contribution < -0.4 is 0 Å². The van der Waals surface area contributed by atoms with Gasteiger partial charge in [-0.1, -0.05) is 43.3 Å². The van der Waals surface area contributed by atoms with Crippen molar-refractivity contribution in [1.82, 2.24) is 9.88 Å². The summed E-state index contributed by atoms with van der Waals surface area (Å²) in [6, 6.07) is 16.7. The van der Waals surface area contributed by atoms with E-state index in [9.17, 15) is 0 Å². The lowest BCUT2D eigenvalue weighted by Crippen LogP contribution is -2.29. The van der Waals surface area contributed by atoms with Crippen LogP contribution in [0.3, 0.4) is 0 Å². The Hall–Kier alpha value is -1.32. The molecule has 1 aromatic heterocycles. The van der Waals surface area contributed by atoms with E-state index in [4.69, 9.17) is 0 Å². The Morgan fingerprint density at radius 1 is 1.10 bits per heavy atom. The fraction of sp³-hybridized carbons (Fsp3) is 0.353. The second kappa shape index (κ2) is 8.08. The van der Waals surface area contributed by atoms with E-state index in [1.165, 1.54) is 5.56 Å². The summed E-state index contributed by atoms with van der Waals surface area (Å²) in [5.41, 5.74) is 2.49. The molecular weight excluding hydrogens is 264 g/mol. The van der Waals surface area contributed by atoms with Crippen molar-refractivity contribution >= 4 is 12.6 Å². The molecule has 0 N–H and O–H groups in total. The van der Waals surface area contributed by atoms with E-state index in [-0.39, 0.29) is 0 Å². The summed E-state index contributed by atoms with van der Waals surface area (Å²) in [4.78, 5) is 6.84. The van der Waals surface area contributed by atoms with Crippen molar-refractivity contribution in [2.24, 2.45) is 0 Å². The van der Waals surface area contributed by atoms with Gasteiger partial charge in [0.1, 0.15) is 0 Å². The number of hydrogen-bond acceptors (Lipinski definition) is 3. The van der Waals surface area contributed by atoms with Crippen LogP contribution in [-0.2, 0) is 6.54 Å². The van der Waals surface area contributed by atoms with Gasteiger partial charge in [0.05, 0.1) is 5.69 Å². The van der Waals surface area contributed by atoms with Crippen molar-refractivity contribution in [3.63, 3.8) is 0 Å². The highest BCUT2D eigenvalue weighted by Gasteiger charge is 2.14. The summed E-state index contributed by atoms with van der Waals surface area (Å²) in [5, 5.41) is 0. The van der Waals surface area contributed by atoms with Gasteiger partial charge in [0, 0.05) is 25.2 Å². The van der Waals surface area contributed by atoms with Gasteiger partial charge in [0.25, 0.3) is 0 Å². The number of rotatable bonds is 7. The van der Waals surface area contributed by atoms with Crippen LogP contribution in [0, 0.1) is 0 Å². The first-order chi connectivity index (χ1) is 9.83. The molecule has 0 radical (unpaired) electrons. The van der Waals surface area contributed by atoms with Crippen LogP contribution in [-0.4, -0.2) is 28.7 Å². The maximum atomic E-state index is 4.52. The maximum Gasteiger partial charge on any atom is 0.0543 e. The lowest BCUT2D eigenvalue weighted by Gasteiger charge is -2.25. The highest BCUT2D eigenvalue weighted by Crippen LogP contribution is 2.19. The summed E-state index contributed by atoms with van der Waals surface area (Å²) < 4.78 is 0. The number of aromatic nitrogens is 1. The second-order valence-corrected chi connectivity index (χ2v) is 5.30. The summed E-state index contributed by atoms with van der Waals surface area (Å²) in [5.74, 6) is 1.33. The maximum absolute atomic E-state index is 4.52. The van der Waals surface area contributed by atoms with Gasteiger partial charge in [-0.2, -0.15) is 12.6 Å². The standard InChI is InChI=1S/C17H22N2S/c1-2-19(13-17-10-6-7-11-18-17)12-16(14-20)15-8-4-3-5-9-15/h3-11,16,20H,2,12-14H2,1H3. The average molecular weight is 286 g/mol. The third-order valence-electron chi connectivity index (χ3n) is 3.53. The quantitative estimate of drug-likeness (QED) is 0.783. The van der Waals surface area contributed by atoms with Gasteiger partial charge in [-0.05, 0) is 30.0 Å². The molecule has 2 aromatic rings. The zero-order valence-electron chi connectivity index (χ0n) is 11.9. The molecule has 0 amide bonds. The molecular formula is C17H22N2S. The topological polar surface area (TPSA) is 16.1 Å². The molecule has 1 aromatic carbocycles. The third kappa shape index (κ3) is 4.36. The van der Waals surface area contributed by atoms with Crippen LogP contribution in [0.25, 0.3) is 0 Å². The Labute approximate surface area is 127 Å². The number of hydrogen-bond donors (Lipinski definition) is 1. The predicted octanol–water partition coefficient (Wildman–Crippen LogP) is 3.62. The minimum absolute atomic E-state index is 0.461. The molecule has 1 atom stereocenters. The van der Waals surface area contributed by atoms with E-state index < -0.39 is 0 Å². The van der Waals surface area contributed by atoms with E-state index in [0.717, 1.165) is 31.1 Å². The van der Waals surface area contributed by atoms with Gasteiger partial charge >= 0.3 is 0 Å². The van der Waals surface area contributed by atoms with E-state index in [0.29, 0.717) is 5.92 Å². The van der Waals surface area contributed by atoms with Gasteiger partial charge in [-0.15, -0.1) is 0 Å². The molecule has 3 heteroatoms. The zero-order chi connectivity index (χ0) is 14.2. The zero-order valence-corrected chi connectivity index (χ0v) is 12.8. The largest absolute Gasteiger partial charge is 0.297 e. The first kappa shape index (κ1) is 15.1. The monoisotopic (exact) mass is 286 g/mol. The summed E-state index contributed by atoms with van der Waals surface area (Å²) in [6.45, 7) is 5.13. The Morgan fingerprint density at radius 3 is 2.45 bits per heavy atom. The van der Waals surface area contributed by atoms with Gasteiger partial charge in [0.15, 0.2) is 0 Å². The first-order valence-electron chi connectivity index (χ1n) is 7.11. The SMILES string of the molecule is CCN(Cc1ccccn1)CC(CS)c1ccccc1. The first-order valence-corrected chi connectivity index (χ1v) is 7.74. The average Bonchev–Trinajstić information content (AvgIpc) is 2.53. The Morgan fingerprint density at radius 2 is 1.85 bits per heavy atom. The normalized spacial score (nSPS) is 12.6. The van der Waals surface area contributed by atoms with Gasteiger partial charge in [-0.25, -0.2) is 0 Å². The lowest BCUT2D eigenvalue weighted by atomic mass is 10.0. The number of nitrogens with zero attached hydrogens (tertiary/aromatic N) is 2. The highest BCUT2D eigenvalue weighted by atomic mass is 32.1. The van der Waals surface area contributed by atoms with Gasteiger partial charge in [0.2, 0.25) is 0 Å². The molecule has 0 aliphatic heterocycles. The molecule has 2 rings (SSSR count). The van der Waals surface area contributed by atoms with Crippen LogP contribution in [0.1, 0.15) is 24.1 Å². The summed E-state index contributed by atoms with van der Waals surface area (Å²) in [6.07, 6.45) is 1.86. The van der Waals surface area contributed by atoms with E-state index >= 15 is 0 Å². The predicted molar refractivity (Wildman–Crippen MR) is 88.2 cm³/mol. The number of pyridine rings is 1. The summed E-state index contributed by atoms with van der Waals surface area (Å²) in [7, 11) is 0. The van der Waals surface area contributed by atoms with Crippen molar-refractivity contribution in [3.05, 3.63) is 66.0 Å². The van der Waals surface area contributed by atoms with Crippen LogP contribution in [0.5, 0.6) is 0 Å². The third-order valence-corrected chi connectivity index (χ3v) is 3.97. The molecule has 1 heterocycles. The van der Waals surface area contributed by atoms with Crippen molar-refractivity contribution < 1.29 is 0 Å². The Bertz CT molecular complexity index is 487. The number of thiol groups is 1. The van der Waals surface area contributed by atoms with Crippen LogP contribution in [0.15, 0.2) is 54.7 Å². The molecule has 0 bridgehead atoms. The molecule has 106 valence electrons. The van der Waals surface area contributed by atoms with E-state index in [1.807, 2.05) is 18.3 Å². The number of benzene rings is 1. The Balaban J connectivity index is 2.01.